The Bertz CT molecular complexity index is 337. The van der Waals surface area contributed by atoms with E-state index in [2.05, 4.69) is 9.69 Å². The molecular formula is C11H17ClN2OS. The molecule has 0 amide bonds. The highest BCUT2D eigenvalue weighted by Crippen LogP contribution is 2.30. The van der Waals surface area contributed by atoms with Gasteiger partial charge in [0.2, 0.25) is 5.88 Å². The number of nitrogens with one attached hydrogen (secondary N) is 1. The number of halogens is 1. The second-order valence-electron chi connectivity index (χ2n) is 4.14. The van der Waals surface area contributed by atoms with Crippen LogP contribution >= 0.6 is 23.1 Å². The Balaban J connectivity index is 1.86. The van der Waals surface area contributed by atoms with Crippen molar-refractivity contribution in [3.63, 3.8) is 0 Å². The van der Waals surface area contributed by atoms with Crippen molar-refractivity contribution in [2.45, 2.75) is 44.7 Å². The first-order chi connectivity index (χ1) is 7.81. The van der Waals surface area contributed by atoms with Crippen molar-refractivity contribution in [3.05, 3.63) is 9.90 Å². The summed E-state index contributed by atoms with van der Waals surface area (Å²) in [6.07, 6.45) is 6.64. The molecule has 0 unspecified atom stereocenters. The molecule has 0 aromatic carbocycles. The first-order valence-electron chi connectivity index (χ1n) is 5.72. The molecule has 0 radical (unpaired) electrons. The van der Waals surface area contributed by atoms with Gasteiger partial charge < -0.3 is 10.1 Å². The quantitative estimate of drug-likeness (QED) is 0.903. The van der Waals surface area contributed by atoms with Gasteiger partial charge in [-0.3, -0.25) is 0 Å². The zero-order chi connectivity index (χ0) is 11.4. The lowest BCUT2D eigenvalue weighted by molar-refractivity contribution is 0.373. The lowest BCUT2D eigenvalue weighted by Crippen LogP contribution is -2.30. The summed E-state index contributed by atoms with van der Waals surface area (Å²) in [5.41, 5.74) is 0. The predicted octanol–water partition coefficient (Wildman–Crippen LogP) is 3.23. The number of methoxy groups -OCH3 is 1. The number of nitrogens with zero attached hydrogens (tertiary/aromatic N) is 1. The lowest BCUT2D eigenvalue weighted by atomic mass is 9.95. The SMILES string of the molecule is COc1nsc(CNC2CCCCC2)c1Cl. The van der Waals surface area contributed by atoms with E-state index in [1.165, 1.54) is 43.6 Å². The smallest absolute Gasteiger partial charge is 0.244 e. The average molecular weight is 261 g/mol. The van der Waals surface area contributed by atoms with Crippen molar-refractivity contribution >= 4 is 23.1 Å². The van der Waals surface area contributed by atoms with Gasteiger partial charge in [-0.25, -0.2) is 0 Å². The van der Waals surface area contributed by atoms with Crippen molar-refractivity contribution < 1.29 is 4.74 Å². The molecule has 0 spiro atoms. The standard InChI is InChI=1S/C11H17ClN2OS/c1-15-11-10(12)9(16-14-11)7-13-8-5-3-2-4-6-8/h8,13H,2-7H2,1H3. The van der Waals surface area contributed by atoms with Crippen molar-refractivity contribution in [3.8, 4) is 5.88 Å². The second-order valence-corrected chi connectivity index (χ2v) is 5.38. The van der Waals surface area contributed by atoms with Gasteiger partial charge >= 0.3 is 0 Å². The van der Waals surface area contributed by atoms with E-state index in [1.807, 2.05) is 0 Å². The Morgan fingerprint density at radius 2 is 2.19 bits per heavy atom. The highest BCUT2D eigenvalue weighted by Gasteiger charge is 2.16. The van der Waals surface area contributed by atoms with Crippen molar-refractivity contribution in [1.82, 2.24) is 9.69 Å². The van der Waals surface area contributed by atoms with Crippen LogP contribution in [0.4, 0.5) is 0 Å². The number of hydrogen-bond donors (Lipinski definition) is 1. The molecule has 1 aliphatic rings. The van der Waals surface area contributed by atoms with Gasteiger partial charge in [-0.05, 0) is 24.4 Å². The molecule has 3 nitrogen and oxygen atoms in total. The van der Waals surface area contributed by atoms with Crippen LogP contribution in [0.3, 0.4) is 0 Å². The highest BCUT2D eigenvalue weighted by molar-refractivity contribution is 7.06. The molecular weight excluding hydrogens is 244 g/mol. The fraction of sp³-hybridized carbons (Fsp3) is 0.727. The maximum atomic E-state index is 6.13. The summed E-state index contributed by atoms with van der Waals surface area (Å²) >= 11 is 7.54. The summed E-state index contributed by atoms with van der Waals surface area (Å²) in [6.45, 7) is 0.810. The Morgan fingerprint density at radius 1 is 1.44 bits per heavy atom. The van der Waals surface area contributed by atoms with E-state index in [9.17, 15) is 0 Å². The van der Waals surface area contributed by atoms with E-state index in [1.54, 1.807) is 7.11 Å². The summed E-state index contributed by atoms with van der Waals surface area (Å²) < 4.78 is 9.20. The van der Waals surface area contributed by atoms with E-state index in [-0.39, 0.29) is 0 Å². The summed E-state index contributed by atoms with van der Waals surface area (Å²) in [7, 11) is 1.60. The van der Waals surface area contributed by atoms with E-state index >= 15 is 0 Å². The van der Waals surface area contributed by atoms with E-state index in [0.717, 1.165) is 11.4 Å². The number of hydrogen-bond acceptors (Lipinski definition) is 4. The number of aromatic nitrogens is 1. The van der Waals surface area contributed by atoms with Crippen molar-refractivity contribution in [2.24, 2.45) is 0 Å². The molecule has 1 fully saturated rings. The summed E-state index contributed by atoms with van der Waals surface area (Å²) in [5, 5.41) is 4.21. The minimum atomic E-state index is 0.548. The third kappa shape index (κ3) is 2.87. The molecule has 0 aliphatic heterocycles. The highest BCUT2D eigenvalue weighted by atomic mass is 35.5. The summed E-state index contributed by atoms with van der Waals surface area (Å²) in [4.78, 5) is 1.07. The lowest BCUT2D eigenvalue weighted by Gasteiger charge is -2.22. The van der Waals surface area contributed by atoms with E-state index in [0.29, 0.717) is 16.9 Å². The van der Waals surface area contributed by atoms with Crippen LogP contribution in [0, 0.1) is 0 Å². The van der Waals surface area contributed by atoms with Crippen LogP contribution in [-0.2, 0) is 6.54 Å². The van der Waals surface area contributed by atoms with Crippen LogP contribution in [0.15, 0.2) is 0 Å². The van der Waals surface area contributed by atoms with E-state index < -0.39 is 0 Å². The van der Waals surface area contributed by atoms with Gasteiger partial charge in [-0.2, -0.15) is 4.37 Å². The Kier molecular flexibility index (Phi) is 4.44. The van der Waals surface area contributed by atoms with Gasteiger partial charge in [-0.15, -0.1) is 0 Å². The van der Waals surface area contributed by atoms with E-state index in [4.69, 9.17) is 16.3 Å². The molecule has 16 heavy (non-hydrogen) atoms. The maximum absolute atomic E-state index is 6.13. The van der Waals surface area contributed by atoms with Gasteiger partial charge in [0.25, 0.3) is 0 Å². The number of rotatable bonds is 4. The van der Waals surface area contributed by atoms with Crippen LogP contribution < -0.4 is 10.1 Å². The predicted molar refractivity (Wildman–Crippen MR) is 67.4 cm³/mol. The molecule has 1 aliphatic carbocycles. The first kappa shape index (κ1) is 12.1. The Morgan fingerprint density at radius 3 is 2.81 bits per heavy atom. The molecule has 1 aromatic rings. The summed E-state index contributed by atoms with van der Waals surface area (Å²) in [6, 6.07) is 0.651. The molecule has 1 aromatic heterocycles. The topological polar surface area (TPSA) is 34.1 Å². The maximum Gasteiger partial charge on any atom is 0.244 e. The summed E-state index contributed by atoms with van der Waals surface area (Å²) in [5.74, 6) is 0.548. The third-order valence-electron chi connectivity index (χ3n) is 3.02. The minimum Gasteiger partial charge on any atom is -0.479 e. The van der Waals surface area contributed by atoms with Crippen molar-refractivity contribution in [1.29, 1.82) is 0 Å². The Hall–Kier alpha value is -0.320. The zero-order valence-corrected chi connectivity index (χ0v) is 11.0. The number of ether oxygens (including phenoxy) is 1. The molecule has 1 N–H and O–H groups in total. The third-order valence-corrected chi connectivity index (χ3v) is 4.35. The molecule has 0 bridgehead atoms. The van der Waals surface area contributed by atoms with Crippen molar-refractivity contribution in [2.75, 3.05) is 7.11 Å². The molecule has 90 valence electrons. The van der Waals surface area contributed by atoms with Crippen LogP contribution in [-0.4, -0.2) is 17.5 Å². The van der Waals surface area contributed by atoms with Gasteiger partial charge in [0.05, 0.1) is 12.0 Å². The van der Waals surface area contributed by atoms with Gasteiger partial charge in [0, 0.05) is 12.6 Å². The van der Waals surface area contributed by atoms with Gasteiger partial charge in [-0.1, -0.05) is 30.9 Å². The second kappa shape index (κ2) is 5.84. The average Bonchev–Trinajstić information content (AvgIpc) is 2.69. The molecule has 0 atom stereocenters. The molecule has 5 heteroatoms. The minimum absolute atomic E-state index is 0.548. The van der Waals surface area contributed by atoms with Gasteiger partial charge in [0.15, 0.2) is 0 Å². The normalized spacial score (nSPS) is 17.6. The zero-order valence-electron chi connectivity index (χ0n) is 9.46. The van der Waals surface area contributed by atoms with Gasteiger partial charge in [0.1, 0.15) is 5.02 Å². The monoisotopic (exact) mass is 260 g/mol. The van der Waals surface area contributed by atoms with Crippen LogP contribution in [0.25, 0.3) is 0 Å². The molecule has 1 heterocycles. The molecule has 1 saturated carbocycles. The van der Waals surface area contributed by atoms with Crippen LogP contribution in [0.2, 0.25) is 5.02 Å². The van der Waals surface area contributed by atoms with Crippen LogP contribution in [0.5, 0.6) is 5.88 Å². The molecule has 2 rings (SSSR count). The fourth-order valence-electron chi connectivity index (χ4n) is 2.08. The van der Waals surface area contributed by atoms with Crippen LogP contribution in [0.1, 0.15) is 37.0 Å². The largest absolute Gasteiger partial charge is 0.479 e. The molecule has 0 saturated heterocycles. The fourth-order valence-corrected chi connectivity index (χ4v) is 3.09. The Labute approximate surface area is 105 Å². The first-order valence-corrected chi connectivity index (χ1v) is 6.88.